The molecule has 12 nitrogen and oxygen atoms in total. The lowest BCUT2D eigenvalue weighted by Gasteiger charge is -2.38. The molecule has 290 valence electrons. The zero-order chi connectivity index (χ0) is 38.7. The Labute approximate surface area is 324 Å². The highest BCUT2D eigenvalue weighted by Crippen LogP contribution is 2.70. The fraction of sp³-hybridized carbons (Fsp3) is 0.488. The number of hydrogen-bond donors (Lipinski definition) is 2. The second kappa shape index (κ2) is 14.3. The molecule has 2 aromatic carbocycles. The Morgan fingerprint density at radius 3 is 2.58 bits per heavy atom. The number of fused-ring (bicyclic) bond motifs is 2. The van der Waals surface area contributed by atoms with Gasteiger partial charge < -0.3 is 24.5 Å². The Morgan fingerprint density at radius 1 is 1.09 bits per heavy atom. The molecule has 0 radical (unpaired) electrons. The average Bonchev–Trinajstić information content (AvgIpc) is 3.46. The number of pyridine rings is 1. The van der Waals surface area contributed by atoms with Crippen LogP contribution in [-0.4, -0.2) is 97.8 Å². The smallest absolute Gasteiger partial charge is 0.363 e. The van der Waals surface area contributed by atoms with Crippen LogP contribution in [0.25, 0.3) is 11.0 Å². The third kappa shape index (κ3) is 6.79. The second-order valence-electron chi connectivity index (χ2n) is 16.3. The molecule has 2 N–H and O–H groups in total. The number of carbonyl (C=O) groups excluding carboxylic acids is 2. The number of hydrogen-bond acceptors (Lipinski definition) is 8. The van der Waals surface area contributed by atoms with E-state index in [0.29, 0.717) is 47.1 Å². The quantitative estimate of drug-likeness (QED) is 0.174. The first-order valence-electron chi connectivity index (χ1n) is 19.1. The SMILES string of the molecule is C[C@]12C[C@@H](C(=O)O)[N@+](C)(C(=O)CNC(=O)c3ccc4c(c3)nc(CN3CCC(c5cccc(OCc6ccc(Cl)cc6F)n5)CC3)n4C[C@@H]3CCO3)[C@@]1(C)C2. The minimum Gasteiger partial charge on any atom is -0.477 e. The van der Waals surface area contributed by atoms with Gasteiger partial charge in [-0.3, -0.25) is 9.69 Å². The van der Waals surface area contributed by atoms with Gasteiger partial charge in [-0.15, -0.1) is 0 Å². The number of rotatable bonds is 12. The Morgan fingerprint density at radius 2 is 1.87 bits per heavy atom. The summed E-state index contributed by atoms with van der Waals surface area (Å²) in [5.41, 5.74) is 2.69. The van der Waals surface area contributed by atoms with Crippen molar-refractivity contribution in [1.29, 1.82) is 0 Å². The van der Waals surface area contributed by atoms with Gasteiger partial charge in [0.15, 0.2) is 6.04 Å². The van der Waals surface area contributed by atoms with Gasteiger partial charge in [0.05, 0.1) is 37.3 Å². The summed E-state index contributed by atoms with van der Waals surface area (Å²) < 4.78 is 27.9. The number of imidazole rings is 1. The summed E-state index contributed by atoms with van der Waals surface area (Å²) in [4.78, 5) is 51.4. The van der Waals surface area contributed by atoms with E-state index >= 15 is 0 Å². The maximum Gasteiger partial charge on any atom is 0.363 e. The van der Waals surface area contributed by atoms with Gasteiger partial charge in [-0.25, -0.2) is 28.4 Å². The Bertz CT molecular complexity index is 2170. The van der Waals surface area contributed by atoms with Gasteiger partial charge in [0, 0.05) is 58.7 Å². The van der Waals surface area contributed by atoms with Crippen LogP contribution in [0.5, 0.6) is 5.88 Å². The van der Waals surface area contributed by atoms with Crippen LogP contribution < -0.4 is 10.1 Å². The topological polar surface area (TPSA) is 136 Å². The van der Waals surface area contributed by atoms with Crippen LogP contribution >= 0.6 is 11.6 Å². The Balaban J connectivity index is 0.917. The maximum atomic E-state index is 14.3. The van der Waals surface area contributed by atoms with Crippen molar-refractivity contribution in [3.8, 4) is 5.88 Å². The average molecular weight is 774 g/mol. The van der Waals surface area contributed by atoms with Gasteiger partial charge in [0.1, 0.15) is 30.3 Å². The summed E-state index contributed by atoms with van der Waals surface area (Å²) in [6.07, 6.45) is 4.11. The molecule has 3 saturated heterocycles. The molecule has 0 spiro atoms. The lowest BCUT2D eigenvalue weighted by atomic mass is 9.93. The molecule has 5 atom stereocenters. The van der Waals surface area contributed by atoms with Crippen LogP contribution in [0.4, 0.5) is 4.39 Å². The normalized spacial score (nSPS) is 27.7. The number of nitrogens with zero attached hydrogens (tertiary/aromatic N) is 5. The minimum atomic E-state index is -0.982. The highest BCUT2D eigenvalue weighted by molar-refractivity contribution is 6.30. The Hall–Kier alpha value is -4.43. The van der Waals surface area contributed by atoms with Crippen molar-refractivity contribution in [2.24, 2.45) is 5.41 Å². The molecule has 2 amide bonds. The highest BCUT2D eigenvalue weighted by atomic mass is 35.5. The molecule has 55 heavy (non-hydrogen) atoms. The summed E-state index contributed by atoms with van der Waals surface area (Å²) in [5.74, 6) is -0.498. The molecular weight excluding hydrogens is 727 g/mol. The van der Waals surface area contributed by atoms with E-state index in [1.54, 1.807) is 37.4 Å². The van der Waals surface area contributed by atoms with Crippen molar-refractivity contribution in [1.82, 2.24) is 24.8 Å². The first-order chi connectivity index (χ1) is 26.3. The number of ether oxygens (including phenoxy) is 2. The van der Waals surface area contributed by atoms with Gasteiger partial charge in [0.25, 0.3) is 5.91 Å². The van der Waals surface area contributed by atoms with Crippen LogP contribution in [0.2, 0.25) is 5.02 Å². The van der Waals surface area contributed by atoms with Crippen molar-refractivity contribution >= 4 is 40.4 Å². The predicted octanol–water partition coefficient (Wildman–Crippen LogP) is 5.70. The van der Waals surface area contributed by atoms with Gasteiger partial charge in [-0.2, -0.15) is 0 Å². The number of piperidine rings is 2. The number of carboxylic acids is 1. The van der Waals surface area contributed by atoms with E-state index < -0.39 is 29.3 Å². The summed E-state index contributed by atoms with van der Waals surface area (Å²) in [6.45, 7) is 7.56. The molecule has 2 aromatic heterocycles. The molecule has 14 heteroatoms. The summed E-state index contributed by atoms with van der Waals surface area (Å²) in [7, 11) is 1.71. The first kappa shape index (κ1) is 37.5. The number of amides is 2. The third-order valence-corrected chi connectivity index (χ3v) is 13.4. The maximum absolute atomic E-state index is 14.3. The minimum absolute atomic E-state index is 0.0591. The molecule has 5 heterocycles. The standard InChI is InChI=1S/C41H46ClFN6O6/c1-40-19-34(39(52)53)49(3,41(40,2)24-40)37(50)20-44-38(51)26-8-10-33-32(17-26)45-35(48(33)21-29-13-16-54-29)22-47-14-11-25(12-15-47)31-5-4-6-36(46-31)55-23-27-7-9-28(42)18-30(27)43/h4-10,17-18,25,29,34H,11-16,19-24H2,1-3H3,(H-,44,51,52,53)/p+1/t29-,34-,40+,41-,49+/m0/s1. The largest absolute Gasteiger partial charge is 0.477 e. The predicted molar refractivity (Wildman–Crippen MR) is 202 cm³/mol. The number of likely N-dealkylation sites (N-methyl/N-ethyl adjacent to an activating group) is 1. The van der Waals surface area contributed by atoms with Crippen LogP contribution in [0, 0.1) is 11.2 Å². The van der Waals surface area contributed by atoms with Gasteiger partial charge >= 0.3 is 11.9 Å². The van der Waals surface area contributed by atoms with Crippen LogP contribution in [0.1, 0.15) is 79.3 Å². The molecule has 4 aromatic rings. The molecule has 1 saturated carbocycles. The van der Waals surface area contributed by atoms with Crippen LogP contribution in [-0.2, 0) is 34.0 Å². The lowest BCUT2D eigenvalue weighted by molar-refractivity contribution is -0.876. The van der Waals surface area contributed by atoms with Crippen molar-refractivity contribution < 1.29 is 37.8 Å². The fourth-order valence-corrected chi connectivity index (χ4v) is 9.42. The number of carbonyl (C=O) groups is 3. The molecule has 8 rings (SSSR count). The number of nitrogens with one attached hydrogen (secondary N) is 1. The van der Waals surface area contributed by atoms with Gasteiger partial charge in [-0.1, -0.05) is 30.7 Å². The molecule has 4 fully saturated rings. The number of aliphatic carboxylic acids is 1. The number of carboxylic acid groups (broad SMARTS) is 1. The molecule has 1 aliphatic carbocycles. The van der Waals surface area contributed by atoms with E-state index in [1.807, 2.05) is 32.0 Å². The summed E-state index contributed by atoms with van der Waals surface area (Å²) >= 11 is 5.88. The van der Waals surface area contributed by atoms with Gasteiger partial charge in [-0.05, 0) is 75.7 Å². The van der Waals surface area contributed by atoms with Crippen LogP contribution in [0.3, 0.4) is 0 Å². The summed E-state index contributed by atoms with van der Waals surface area (Å²) in [6, 6.07) is 14.8. The molecular formula is C41H47ClFN6O6+. The molecule has 0 bridgehead atoms. The number of quaternary nitrogens is 1. The van der Waals surface area contributed by atoms with E-state index in [2.05, 4.69) is 14.8 Å². The van der Waals surface area contributed by atoms with E-state index in [1.165, 1.54) is 6.07 Å². The van der Waals surface area contributed by atoms with Crippen LogP contribution in [0.15, 0.2) is 54.6 Å². The van der Waals surface area contributed by atoms with Crippen molar-refractivity contribution in [2.75, 3.05) is 33.3 Å². The van der Waals surface area contributed by atoms with E-state index in [9.17, 15) is 23.9 Å². The number of likely N-dealkylation sites (tertiary alicyclic amines) is 2. The van der Waals surface area contributed by atoms with E-state index in [0.717, 1.165) is 62.4 Å². The highest BCUT2D eigenvalue weighted by Gasteiger charge is 2.82. The number of halogens is 2. The van der Waals surface area contributed by atoms with Gasteiger partial charge in [0.2, 0.25) is 5.88 Å². The van der Waals surface area contributed by atoms with E-state index in [4.69, 9.17) is 31.0 Å². The van der Waals surface area contributed by atoms with E-state index in [-0.39, 0.29) is 41.0 Å². The monoisotopic (exact) mass is 773 g/mol. The number of benzene rings is 2. The molecule has 0 unspecified atom stereocenters. The van der Waals surface area contributed by atoms with Crippen molar-refractivity contribution in [2.45, 2.75) is 89.3 Å². The van der Waals surface area contributed by atoms with Crippen molar-refractivity contribution in [3.63, 3.8) is 0 Å². The summed E-state index contributed by atoms with van der Waals surface area (Å²) in [5, 5.41) is 13.1. The third-order valence-electron chi connectivity index (χ3n) is 13.2. The zero-order valence-electron chi connectivity index (χ0n) is 31.4. The molecule has 4 aliphatic rings. The lowest BCUT2D eigenvalue weighted by Crippen LogP contribution is -2.64. The Kier molecular flexibility index (Phi) is 9.72. The zero-order valence-corrected chi connectivity index (χ0v) is 32.1. The number of aromatic nitrogens is 3. The fourth-order valence-electron chi connectivity index (χ4n) is 9.26. The second-order valence-corrected chi connectivity index (χ2v) is 16.8. The first-order valence-corrected chi connectivity index (χ1v) is 19.4. The van der Waals surface area contributed by atoms with Crippen molar-refractivity contribution in [3.05, 3.63) is 88.1 Å². The molecule has 3 aliphatic heterocycles.